The van der Waals surface area contributed by atoms with Gasteiger partial charge in [0.05, 0.1) is 0 Å². The van der Waals surface area contributed by atoms with Gasteiger partial charge in [-0.05, 0) is 0 Å². The minimum Gasteiger partial charge on any atom is -0.307 e. The molecule has 1 rings (SSSR count). The molecule has 0 aromatic rings. The van der Waals surface area contributed by atoms with Crippen LogP contribution in [0.5, 0.6) is 0 Å². The summed E-state index contributed by atoms with van der Waals surface area (Å²) in [5.74, 6) is -0.0908. The van der Waals surface area contributed by atoms with Gasteiger partial charge in [0.1, 0.15) is 0 Å². The lowest BCUT2D eigenvalue weighted by Gasteiger charge is -2.14. The van der Waals surface area contributed by atoms with Crippen molar-refractivity contribution in [3.05, 3.63) is 0 Å². The summed E-state index contributed by atoms with van der Waals surface area (Å²) in [6.07, 6.45) is -0.547. The largest absolute Gasteiger partial charge is 0.307 e. The molecule has 1 atom stereocenters. The molecule has 0 spiro atoms. The fourth-order valence-electron chi connectivity index (χ4n) is 0.872. The Morgan fingerprint density at radius 3 is 2.82 bits per heavy atom. The first-order valence-electron chi connectivity index (χ1n) is 3.29. The van der Waals surface area contributed by atoms with Crippen LogP contribution in [-0.2, 0) is 4.79 Å². The number of halogens is 1. The molecule has 6 heteroatoms. The van der Waals surface area contributed by atoms with E-state index >= 15 is 0 Å². The van der Waals surface area contributed by atoms with Crippen LogP contribution in [0.3, 0.4) is 0 Å². The maximum atomic E-state index is 11.2. The number of alkyl halides is 1. The normalized spacial score (nSPS) is 26.6. The molecule has 11 heavy (non-hydrogen) atoms. The number of hydrogen-bond donors (Lipinski definition) is 2. The van der Waals surface area contributed by atoms with Crippen LogP contribution in [0.25, 0.3) is 0 Å². The van der Waals surface area contributed by atoms with Gasteiger partial charge >= 0.3 is 0 Å². The van der Waals surface area contributed by atoms with E-state index in [0.29, 0.717) is 6.54 Å². The highest BCUT2D eigenvalue weighted by Crippen LogP contribution is 2.02. The highest BCUT2D eigenvalue weighted by Gasteiger charge is 2.32. The number of rotatable bonds is 2. The molecule has 1 fully saturated rings. The van der Waals surface area contributed by atoms with E-state index in [1.807, 2.05) is 0 Å². The molecule has 0 aromatic heterocycles. The van der Waals surface area contributed by atoms with Gasteiger partial charge < -0.3 is 5.73 Å². The van der Waals surface area contributed by atoms with E-state index in [9.17, 15) is 4.79 Å². The van der Waals surface area contributed by atoms with E-state index < -0.39 is 6.17 Å². The molecule has 0 aliphatic carbocycles. The van der Waals surface area contributed by atoms with Gasteiger partial charge in [-0.25, -0.2) is 5.01 Å². The van der Waals surface area contributed by atoms with E-state index in [0.717, 1.165) is 5.33 Å². The second kappa shape index (κ2) is 3.48. The van der Waals surface area contributed by atoms with Crippen LogP contribution in [0.15, 0.2) is 0 Å². The van der Waals surface area contributed by atoms with Gasteiger partial charge in [0.15, 0.2) is 6.17 Å². The van der Waals surface area contributed by atoms with E-state index in [1.165, 1.54) is 5.01 Å². The summed E-state index contributed by atoms with van der Waals surface area (Å²) >= 11 is 3.23. The number of carbonyl (C=O) groups is 1. The molecular formula is C5H11BrN4O. The monoisotopic (exact) mass is 222 g/mol. The zero-order valence-corrected chi connectivity index (χ0v) is 7.84. The molecular weight excluding hydrogens is 212 g/mol. The molecule has 0 saturated carbocycles. The smallest absolute Gasteiger partial charge is 0.270 e. The molecule has 1 saturated heterocycles. The number of hydrazine groups is 2. The molecule has 0 radical (unpaired) electrons. The van der Waals surface area contributed by atoms with Crippen LogP contribution in [0, 0.1) is 0 Å². The zero-order chi connectivity index (χ0) is 8.43. The molecule has 64 valence electrons. The number of likely N-dealkylation sites (N-methyl/N-ethyl adjacent to an activating group) is 1. The molecule has 1 amide bonds. The van der Waals surface area contributed by atoms with Crippen molar-refractivity contribution >= 4 is 21.8 Å². The number of amides is 1. The van der Waals surface area contributed by atoms with Crippen molar-refractivity contribution in [3.8, 4) is 0 Å². The van der Waals surface area contributed by atoms with Crippen molar-refractivity contribution in [3.63, 3.8) is 0 Å². The minimum absolute atomic E-state index is 0.0908. The van der Waals surface area contributed by atoms with Crippen molar-refractivity contribution < 1.29 is 4.79 Å². The Kier molecular flexibility index (Phi) is 2.83. The van der Waals surface area contributed by atoms with Gasteiger partial charge in [-0.15, -0.1) is 0 Å². The number of hydrogen-bond acceptors (Lipinski definition) is 4. The Labute approximate surface area is 73.6 Å². The van der Waals surface area contributed by atoms with E-state index in [-0.39, 0.29) is 5.91 Å². The summed E-state index contributed by atoms with van der Waals surface area (Å²) in [5.41, 5.74) is 8.32. The van der Waals surface area contributed by atoms with Crippen LogP contribution in [0.2, 0.25) is 0 Å². The highest BCUT2D eigenvalue weighted by atomic mass is 79.9. The Balaban J connectivity index is 2.52. The van der Waals surface area contributed by atoms with E-state index in [1.54, 1.807) is 12.1 Å². The van der Waals surface area contributed by atoms with Gasteiger partial charge in [-0.1, -0.05) is 15.9 Å². The minimum atomic E-state index is -0.547. The van der Waals surface area contributed by atoms with E-state index in [2.05, 4.69) is 21.5 Å². The Morgan fingerprint density at radius 1 is 1.82 bits per heavy atom. The fraction of sp³-hybridized carbons (Fsp3) is 0.800. The second-order valence-electron chi connectivity index (χ2n) is 2.33. The molecule has 1 heterocycles. The van der Waals surface area contributed by atoms with Crippen LogP contribution >= 0.6 is 15.9 Å². The predicted octanol–water partition coefficient (Wildman–Crippen LogP) is -1.14. The van der Waals surface area contributed by atoms with Gasteiger partial charge in [0.2, 0.25) is 0 Å². The second-order valence-corrected chi connectivity index (χ2v) is 3.13. The third kappa shape index (κ3) is 1.70. The summed E-state index contributed by atoms with van der Waals surface area (Å²) < 4.78 is 0. The SMILES string of the molecule is CN1NN(CCBr)C(=O)C1N. The van der Waals surface area contributed by atoms with Crippen LogP contribution in [0.4, 0.5) is 0 Å². The highest BCUT2D eigenvalue weighted by molar-refractivity contribution is 9.09. The number of nitrogens with two attached hydrogens (primary N) is 1. The predicted molar refractivity (Wildman–Crippen MR) is 44.4 cm³/mol. The lowest BCUT2D eigenvalue weighted by molar-refractivity contribution is -0.130. The summed E-state index contributed by atoms with van der Waals surface area (Å²) in [4.78, 5) is 11.2. The van der Waals surface area contributed by atoms with Crippen molar-refractivity contribution in [2.75, 3.05) is 18.9 Å². The first kappa shape index (κ1) is 8.92. The lowest BCUT2D eigenvalue weighted by Crippen LogP contribution is -2.41. The first-order chi connectivity index (χ1) is 5.16. The van der Waals surface area contributed by atoms with Crippen LogP contribution < -0.4 is 11.3 Å². The summed E-state index contributed by atoms with van der Waals surface area (Å²) in [6, 6.07) is 0. The fourth-order valence-corrected chi connectivity index (χ4v) is 1.23. The first-order valence-corrected chi connectivity index (χ1v) is 4.41. The van der Waals surface area contributed by atoms with Crippen LogP contribution in [0.1, 0.15) is 0 Å². The molecule has 0 bridgehead atoms. The van der Waals surface area contributed by atoms with Gasteiger partial charge in [0.25, 0.3) is 5.91 Å². The zero-order valence-electron chi connectivity index (χ0n) is 6.25. The van der Waals surface area contributed by atoms with Gasteiger partial charge in [0, 0.05) is 18.9 Å². The maximum absolute atomic E-state index is 11.2. The molecule has 1 aliphatic rings. The number of nitrogens with zero attached hydrogens (tertiary/aromatic N) is 2. The standard InChI is InChI=1S/C5H11BrN4O/c1-9-4(7)5(11)10(8-9)3-2-6/h4,8H,2-3,7H2,1H3. The van der Waals surface area contributed by atoms with Crippen molar-refractivity contribution in [1.29, 1.82) is 0 Å². The van der Waals surface area contributed by atoms with Crippen molar-refractivity contribution in [2.45, 2.75) is 6.17 Å². The molecule has 3 N–H and O–H groups in total. The molecule has 0 aromatic carbocycles. The number of nitrogens with one attached hydrogen (secondary N) is 1. The van der Waals surface area contributed by atoms with Crippen molar-refractivity contribution in [1.82, 2.24) is 15.6 Å². The Hall–Kier alpha value is -0.170. The third-order valence-corrected chi connectivity index (χ3v) is 1.88. The lowest BCUT2D eigenvalue weighted by atomic mass is 10.4. The average molecular weight is 223 g/mol. The molecule has 5 nitrogen and oxygen atoms in total. The summed E-state index contributed by atoms with van der Waals surface area (Å²) in [7, 11) is 1.73. The molecule has 1 unspecified atom stereocenters. The third-order valence-electron chi connectivity index (χ3n) is 1.52. The van der Waals surface area contributed by atoms with Crippen molar-refractivity contribution in [2.24, 2.45) is 5.73 Å². The summed E-state index contributed by atoms with van der Waals surface area (Å²) in [5, 5.41) is 3.80. The van der Waals surface area contributed by atoms with E-state index in [4.69, 9.17) is 5.73 Å². The Bertz CT molecular complexity index is 165. The molecule has 1 aliphatic heterocycles. The van der Waals surface area contributed by atoms with Crippen LogP contribution in [-0.4, -0.2) is 41.0 Å². The summed E-state index contributed by atoms with van der Waals surface area (Å²) in [6.45, 7) is 0.622. The quantitative estimate of drug-likeness (QED) is 0.581. The van der Waals surface area contributed by atoms with Gasteiger partial charge in [-0.3, -0.25) is 9.80 Å². The van der Waals surface area contributed by atoms with Gasteiger partial charge in [-0.2, -0.15) is 5.53 Å². The maximum Gasteiger partial charge on any atom is 0.270 e. The average Bonchev–Trinajstić information content (AvgIpc) is 2.19. The number of carbonyl (C=O) groups excluding carboxylic acids is 1. The topological polar surface area (TPSA) is 61.6 Å². The Morgan fingerprint density at radius 2 is 2.45 bits per heavy atom.